The van der Waals surface area contributed by atoms with Gasteiger partial charge in [0.15, 0.2) is 0 Å². The SMILES string of the molecule is Cc1ccnc(C2CC(OC(N)=O)C2)c1. The molecule has 0 aromatic carbocycles. The van der Waals surface area contributed by atoms with Gasteiger partial charge in [-0.05, 0) is 37.5 Å². The molecule has 0 aliphatic heterocycles. The van der Waals surface area contributed by atoms with Crippen LogP contribution in [0.5, 0.6) is 0 Å². The molecule has 4 nitrogen and oxygen atoms in total. The van der Waals surface area contributed by atoms with Crippen molar-refractivity contribution in [3.63, 3.8) is 0 Å². The topological polar surface area (TPSA) is 65.2 Å². The number of aryl methyl sites for hydroxylation is 1. The van der Waals surface area contributed by atoms with Gasteiger partial charge in [0.05, 0.1) is 0 Å². The number of pyridine rings is 1. The second-order valence-electron chi connectivity index (χ2n) is 3.99. The van der Waals surface area contributed by atoms with Crippen LogP contribution in [0.3, 0.4) is 0 Å². The number of amides is 1. The third kappa shape index (κ3) is 2.26. The molecule has 1 saturated carbocycles. The van der Waals surface area contributed by atoms with Crippen LogP contribution < -0.4 is 5.73 Å². The third-order valence-corrected chi connectivity index (χ3v) is 2.73. The number of hydrogen-bond acceptors (Lipinski definition) is 3. The maximum atomic E-state index is 10.5. The van der Waals surface area contributed by atoms with Gasteiger partial charge < -0.3 is 10.5 Å². The minimum Gasteiger partial charge on any atom is -0.446 e. The van der Waals surface area contributed by atoms with Crippen LogP contribution in [0, 0.1) is 6.92 Å². The summed E-state index contributed by atoms with van der Waals surface area (Å²) in [6.45, 7) is 2.04. The van der Waals surface area contributed by atoms with Crippen molar-refractivity contribution >= 4 is 6.09 Å². The summed E-state index contributed by atoms with van der Waals surface area (Å²) < 4.78 is 4.88. The average Bonchev–Trinajstić information content (AvgIpc) is 2.10. The number of primary amides is 1. The quantitative estimate of drug-likeness (QED) is 0.801. The molecule has 1 amide bonds. The Labute approximate surface area is 88.4 Å². The average molecular weight is 206 g/mol. The van der Waals surface area contributed by atoms with E-state index in [1.165, 1.54) is 5.56 Å². The van der Waals surface area contributed by atoms with Gasteiger partial charge in [0.1, 0.15) is 6.10 Å². The standard InChI is InChI=1S/C11H14N2O2/c1-7-2-3-13-10(4-7)8-5-9(6-8)15-11(12)14/h2-4,8-9H,5-6H2,1H3,(H2,12,14). The van der Waals surface area contributed by atoms with E-state index < -0.39 is 6.09 Å². The fraction of sp³-hybridized carbons (Fsp3) is 0.455. The number of carbonyl (C=O) groups is 1. The summed E-state index contributed by atoms with van der Waals surface area (Å²) in [5.74, 6) is 0.411. The monoisotopic (exact) mass is 206 g/mol. The molecule has 0 bridgehead atoms. The van der Waals surface area contributed by atoms with E-state index in [4.69, 9.17) is 10.5 Å². The zero-order chi connectivity index (χ0) is 10.8. The molecular formula is C11H14N2O2. The first kappa shape index (κ1) is 9.96. The Morgan fingerprint density at radius 3 is 2.93 bits per heavy atom. The lowest BCUT2D eigenvalue weighted by Gasteiger charge is -2.33. The van der Waals surface area contributed by atoms with Crippen molar-refractivity contribution in [1.29, 1.82) is 0 Å². The number of nitrogens with two attached hydrogens (primary N) is 1. The van der Waals surface area contributed by atoms with Gasteiger partial charge in [-0.1, -0.05) is 0 Å². The molecule has 0 unspecified atom stereocenters. The number of aromatic nitrogens is 1. The zero-order valence-corrected chi connectivity index (χ0v) is 8.64. The summed E-state index contributed by atoms with van der Waals surface area (Å²) in [5, 5.41) is 0. The Kier molecular flexibility index (Phi) is 2.58. The number of hydrogen-bond donors (Lipinski definition) is 1. The third-order valence-electron chi connectivity index (χ3n) is 2.73. The van der Waals surface area contributed by atoms with Crippen LogP contribution in [-0.2, 0) is 4.74 Å². The molecule has 1 aromatic rings. The van der Waals surface area contributed by atoms with Gasteiger partial charge in [-0.3, -0.25) is 4.98 Å². The number of nitrogens with zero attached hydrogens (tertiary/aromatic N) is 1. The number of ether oxygens (including phenoxy) is 1. The van der Waals surface area contributed by atoms with Crippen molar-refractivity contribution in [2.24, 2.45) is 5.73 Å². The summed E-state index contributed by atoms with van der Waals surface area (Å²) in [6.07, 6.45) is 2.77. The first-order valence-corrected chi connectivity index (χ1v) is 5.04. The van der Waals surface area contributed by atoms with Gasteiger partial charge in [-0.2, -0.15) is 0 Å². The molecule has 0 spiro atoms. The normalized spacial score (nSPS) is 24.3. The summed E-state index contributed by atoms with van der Waals surface area (Å²) in [6, 6.07) is 4.05. The van der Waals surface area contributed by atoms with E-state index in [-0.39, 0.29) is 6.10 Å². The zero-order valence-electron chi connectivity index (χ0n) is 8.64. The fourth-order valence-electron chi connectivity index (χ4n) is 1.85. The van der Waals surface area contributed by atoms with Crippen molar-refractivity contribution in [1.82, 2.24) is 4.98 Å². The van der Waals surface area contributed by atoms with Gasteiger partial charge in [0.25, 0.3) is 0 Å². The van der Waals surface area contributed by atoms with Crippen molar-refractivity contribution in [3.05, 3.63) is 29.6 Å². The van der Waals surface area contributed by atoms with E-state index in [9.17, 15) is 4.79 Å². The summed E-state index contributed by atoms with van der Waals surface area (Å²) in [4.78, 5) is 14.8. The summed E-state index contributed by atoms with van der Waals surface area (Å²) in [5.41, 5.74) is 7.22. The first-order chi connectivity index (χ1) is 7.15. The molecule has 2 rings (SSSR count). The smallest absolute Gasteiger partial charge is 0.404 e. The minimum atomic E-state index is -0.685. The second-order valence-corrected chi connectivity index (χ2v) is 3.99. The lowest BCUT2D eigenvalue weighted by Crippen LogP contribution is -2.34. The highest BCUT2D eigenvalue weighted by Crippen LogP contribution is 2.37. The van der Waals surface area contributed by atoms with Crippen LogP contribution in [0.25, 0.3) is 0 Å². The van der Waals surface area contributed by atoms with Crippen LogP contribution in [0.15, 0.2) is 18.3 Å². The number of carbonyl (C=O) groups excluding carboxylic acids is 1. The largest absolute Gasteiger partial charge is 0.446 e. The predicted octanol–water partition coefficient (Wildman–Crippen LogP) is 1.73. The molecule has 1 heterocycles. The van der Waals surface area contributed by atoms with Crippen molar-refractivity contribution in [2.45, 2.75) is 31.8 Å². The lowest BCUT2D eigenvalue weighted by atomic mass is 9.79. The molecule has 0 atom stereocenters. The Balaban J connectivity index is 1.92. The van der Waals surface area contributed by atoms with Crippen LogP contribution in [0.1, 0.15) is 30.0 Å². The molecule has 0 saturated heterocycles. The molecule has 15 heavy (non-hydrogen) atoms. The van der Waals surface area contributed by atoms with Crippen LogP contribution in [0.2, 0.25) is 0 Å². The predicted molar refractivity (Wildman–Crippen MR) is 55.4 cm³/mol. The lowest BCUT2D eigenvalue weighted by molar-refractivity contribution is 0.0445. The number of rotatable bonds is 2. The van der Waals surface area contributed by atoms with Crippen LogP contribution in [0.4, 0.5) is 4.79 Å². The Bertz CT molecular complexity index is 373. The van der Waals surface area contributed by atoms with Crippen molar-refractivity contribution < 1.29 is 9.53 Å². The van der Waals surface area contributed by atoms with Crippen molar-refractivity contribution in [3.8, 4) is 0 Å². The molecular weight excluding hydrogens is 192 g/mol. The highest BCUT2D eigenvalue weighted by atomic mass is 16.6. The first-order valence-electron chi connectivity index (χ1n) is 5.04. The second kappa shape index (κ2) is 3.88. The molecule has 80 valence electrons. The van der Waals surface area contributed by atoms with Crippen LogP contribution in [-0.4, -0.2) is 17.2 Å². The van der Waals surface area contributed by atoms with E-state index >= 15 is 0 Å². The summed E-state index contributed by atoms with van der Waals surface area (Å²) in [7, 11) is 0. The van der Waals surface area contributed by atoms with E-state index in [1.54, 1.807) is 0 Å². The summed E-state index contributed by atoms with van der Waals surface area (Å²) >= 11 is 0. The van der Waals surface area contributed by atoms with Gasteiger partial charge in [0, 0.05) is 17.8 Å². The van der Waals surface area contributed by atoms with E-state index in [2.05, 4.69) is 11.1 Å². The highest BCUT2D eigenvalue weighted by molar-refractivity contribution is 5.64. The molecule has 1 aliphatic carbocycles. The van der Waals surface area contributed by atoms with Crippen LogP contribution >= 0.6 is 0 Å². The molecule has 2 N–H and O–H groups in total. The molecule has 4 heteroatoms. The fourth-order valence-corrected chi connectivity index (χ4v) is 1.85. The molecule has 1 aliphatic rings. The molecule has 1 aromatic heterocycles. The van der Waals surface area contributed by atoms with Gasteiger partial charge >= 0.3 is 6.09 Å². The highest BCUT2D eigenvalue weighted by Gasteiger charge is 2.33. The van der Waals surface area contributed by atoms with Crippen molar-refractivity contribution in [2.75, 3.05) is 0 Å². The van der Waals surface area contributed by atoms with E-state index in [0.717, 1.165) is 18.5 Å². The maximum absolute atomic E-state index is 10.5. The van der Waals surface area contributed by atoms with E-state index in [0.29, 0.717) is 5.92 Å². The molecule has 0 radical (unpaired) electrons. The van der Waals surface area contributed by atoms with Gasteiger partial charge in [-0.15, -0.1) is 0 Å². The Hall–Kier alpha value is -1.58. The molecule has 1 fully saturated rings. The van der Waals surface area contributed by atoms with E-state index in [1.807, 2.05) is 19.2 Å². The van der Waals surface area contributed by atoms with Gasteiger partial charge in [-0.25, -0.2) is 4.79 Å². The Morgan fingerprint density at radius 1 is 1.60 bits per heavy atom. The maximum Gasteiger partial charge on any atom is 0.404 e. The minimum absolute atomic E-state index is 0.0187. The Morgan fingerprint density at radius 2 is 2.33 bits per heavy atom. The van der Waals surface area contributed by atoms with Gasteiger partial charge in [0.2, 0.25) is 0 Å².